The number of anilines is 3. The number of aryl methyl sites for hydroxylation is 1. The van der Waals surface area contributed by atoms with Gasteiger partial charge in [0, 0.05) is 12.1 Å². The molecule has 0 amide bonds. The molecule has 2 heterocycles. The molecule has 0 fully saturated rings. The zero-order chi connectivity index (χ0) is 35.8. The van der Waals surface area contributed by atoms with Crippen LogP contribution in [0.2, 0.25) is 0 Å². The molecule has 0 atom stereocenters. The molecule has 0 unspecified atom stereocenters. The Hall–Kier alpha value is -6.97. The summed E-state index contributed by atoms with van der Waals surface area (Å²) in [6.07, 6.45) is 0.842. The normalized spacial score (nSPS) is 12.2. The van der Waals surface area contributed by atoms with Gasteiger partial charge in [-0.1, -0.05) is 140 Å². The maximum Gasteiger partial charge on any atom is 0.114 e. The standard InChI is InChI=1S/C51H35N3/c1-2-48-52-44-22-13-23-46-51(44)54(48)45-29-27-38(32-47(45)53(46)39-18-7-4-8-19-39)50-41-21-12-11-20-40(41)49(37-25-24-34-16-9-10-17-35(34)30-37)42-28-26-36(31-43(42)50)33-14-5-3-6-15-33/h3-32H,2H2,1H3. The first-order valence-electron chi connectivity index (χ1n) is 18.8. The van der Waals surface area contributed by atoms with Gasteiger partial charge in [-0.15, -0.1) is 0 Å². The van der Waals surface area contributed by atoms with E-state index >= 15 is 0 Å². The van der Waals surface area contributed by atoms with Crippen LogP contribution < -0.4 is 4.90 Å². The molecule has 0 N–H and O–H groups in total. The Labute approximate surface area is 314 Å². The number of aromatic nitrogens is 2. The highest BCUT2D eigenvalue weighted by Gasteiger charge is 2.29. The number of rotatable bonds is 5. The number of benzene rings is 9. The van der Waals surface area contributed by atoms with E-state index < -0.39 is 0 Å². The highest BCUT2D eigenvalue weighted by molar-refractivity contribution is 6.22. The van der Waals surface area contributed by atoms with E-state index in [9.17, 15) is 0 Å². The number of para-hydroxylation sites is 2. The Morgan fingerprint density at radius 2 is 1.07 bits per heavy atom. The van der Waals surface area contributed by atoms with Crippen molar-refractivity contribution in [3.8, 4) is 39.1 Å². The maximum atomic E-state index is 5.12. The van der Waals surface area contributed by atoms with Crippen LogP contribution in [0.1, 0.15) is 12.7 Å². The molecule has 0 saturated heterocycles. The molecule has 1 aliphatic rings. The van der Waals surface area contributed by atoms with Crippen LogP contribution in [0.4, 0.5) is 17.1 Å². The van der Waals surface area contributed by atoms with Gasteiger partial charge in [0.15, 0.2) is 0 Å². The van der Waals surface area contributed by atoms with Crippen molar-refractivity contribution < 1.29 is 0 Å². The van der Waals surface area contributed by atoms with Crippen molar-refractivity contribution in [2.45, 2.75) is 13.3 Å². The molecule has 11 rings (SSSR count). The smallest absolute Gasteiger partial charge is 0.114 e. The summed E-state index contributed by atoms with van der Waals surface area (Å²) in [5.41, 5.74) is 14.1. The minimum absolute atomic E-state index is 0.842. The van der Waals surface area contributed by atoms with Crippen molar-refractivity contribution in [1.29, 1.82) is 0 Å². The van der Waals surface area contributed by atoms with Crippen molar-refractivity contribution in [3.05, 3.63) is 188 Å². The van der Waals surface area contributed by atoms with Gasteiger partial charge in [0.05, 0.1) is 28.1 Å². The summed E-state index contributed by atoms with van der Waals surface area (Å²) >= 11 is 0. The average Bonchev–Trinajstić information content (AvgIpc) is 3.63. The van der Waals surface area contributed by atoms with Crippen LogP contribution in [0.15, 0.2) is 182 Å². The number of nitrogens with zero attached hydrogens (tertiary/aromatic N) is 3. The van der Waals surface area contributed by atoms with Gasteiger partial charge < -0.3 is 4.90 Å². The fourth-order valence-electron chi connectivity index (χ4n) is 8.82. The van der Waals surface area contributed by atoms with Gasteiger partial charge in [0.1, 0.15) is 5.82 Å². The molecule has 9 aromatic carbocycles. The first-order chi connectivity index (χ1) is 26.7. The predicted molar refractivity (Wildman–Crippen MR) is 228 cm³/mol. The van der Waals surface area contributed by atoms with Gasteiger partial charge in [0.2, 0.25) is 0 Å². The largest absolute Gasteiger partial charge is 0.306 e. The zero-order valence-corrected chi connectivity index (χ0v) is 29.9. The van der Waals surface area contributed by atoms with Crippen molar-refractivity contribution in [1.82, 2.24) is 9.55 Å². The second-order valence-electron chi connectivity index (χ2n) is 14.2. The lowest BCUT2D eigenvalue weighted by Crippen LogP contribution is -2.19. The van der Waals surface area contributed by atoms with Crippen molar-refractivity contribution in [2.24, 2.45) is 0 Å². The van der Waals surface area contributed by atoms with Gasteiger partial charge in [-0.25, -0.2) is 4.98 Å². The molecular formula is C51H35N3. The Balaban J connectivity index is 1.24. The van der Waals surface area contributed by atoms with Crippen LogP contribution in [-0.2, 0) is 6.42 Å². The molecule has 1 aromatic heterocycles. The lowest BCUT2D eigenvalue weighted by Gasteiger charge is -2.33. The fourth-order valence-corrected chi connectivity index (χ4v) is 8.82. The quantitative estimate of drug-likeness (QED) is 0.168. The van der Waals surface area contributed by atoms with E-state index in [0.29, 0.717) is 0 Å². The average molecular weight is 690 g/mol. The molecule has 0 spiro atoms. The summed E-state index contributed by atoms with van der Waals surface area (Å²) in [6, 6.07) is 66.6. The number of hydrogen-bond donors (Lipinski definition) is 0. The van der Waals surface area contributed by atoms with E-state index in [-0.39, 0.29) is 0 Å². The predicted octanol–water partition coefficient (Wildman–Crippen LogP) is 13.8. The molecule has 0 saturated carbocycles. The third-order valence-electron chi connectivity index (χ3n) is 11.2. The molecule has 0 bridgehead atoms. The molecule has 10 aromatic rings. The third kappa shape index (κ3) is 4.58. The number of fused-ring (bicyclic) bond motifs is 5. The first-order valence-corrected chi connectivity index (χ1v) is 18.8. The molecule has 254 valence electrons. The minimum atomic E-state index is 0.842. The van der Waals surface area contributed by atoms with Crippen molar-refractivity contribution >= 4 is 60.4 Å². The number of hydrogen-bond acceptors (Lipinski definition) is 2. The molecule has 3 heteroatoms. The summed E-state index contributed by atoms with van der Waals surface area (Å²) in [4.78, 5) is 7.55. The summed E-state index contributed by atoms with van der Waals surface area (Å²) in [6.45, 7) is 2.20. The van der Waals surface area contributed by atoms with Crippen molar-refractivity contribution in [3.63, 3.8) is 0 Å². The molecule has 54 heavy (non-hydrogen) atoms. The monoisotopic (exact) mass is 689 g/mol. The molecule has 0 radical (unpaired) electrons. The lowest BCUT2D eigenvalue weighted by molar-refractivity contribution is 0.900. The van der Waals surface area contributed by atoms with E-state index in [1.807, 2.05) is 0 Å². The first kappa shape index (κ1) is 30.6. The summed E-state index contributed by atoms with van der Waals surface area (Å²) in [7, 11) is 0. The highest BCUT2D eigenvalue weighted by atomic mass is 15.2. The van der Waals surface area contributed by atoms with E-state index in [0.717, 1.165) is 46.0 Å². The fraction of sp³-hybridized carbons (Fsp3) is 0.0392. The lowest BCUT2D eigenvalue weighted by atomic mass is 9.84. The van der Waals surface area contributed by atoms with Gasteiger partial charge in [-0.05, 0) is 114 Å². The van der Waals surface area contributed by atoms with Crippen molar-refractivity contribution in [2.75, 3.05) is 4.90 Å². The van der Waals surface area contributed by atoms with Crippen LogP contribution in [-0.4, -0.2) is 9.55 Å². The van der Waals surface area contributed by atoms with Crippen LogP contribution >= 0.6 is 0 Å². The zero-order valence-electron chi connectivity index (χ0n) is 29.9. The van der Waals surface area contributed by atoms with Gasteiger partial charge in [-0.2, -0.15) is 0 Å². The van der Waals surface area contributed by atoms with Gasteiger partial charge in [-0.3, -0.25) is 4.57 Å². The van der Waals surface area contributed by atoms with Crippen LogP contribution in [0, 0.1) is 0 Å². The van der Waals surface area contributed by atoms with E-state index in [1.54, 1.807) is 0 Å². The summed E-state index contributed by atoms with van der Waals surface area (Å²) in [5, 5.41) is 7.45. The second-order valence-corrected chi connectivity index (χ2v) is 14.2. The van der Waals surface area contributed by atoms with Crippen LogP contribution in [0.3, 0.4) is 0 Å². The van der Waals surface area contributed by atoms with E-state index in [1.165, 1.54) is 65.7 Å². The maximum absolute atomic E-state index is 5.12. The molecular weight excluding hydrogens is 655 g/mol. The summed E-state index contributed by atoms with van der Waals surface area (Å²) < 4.78 is 2.38. The van der Waals surface area contributed by atoms with E-state index in [2.05, 4.69) is 198 Å². The SMILES string of the molecule is CCc1nc2cccc3c2n1-c1ccc(-c2c4ccccc4c(-c4ccc5ccccc5c4)c4ccc(-c5ccccc5)cc24)cc1N3c1ccccc1. The Kier molecular flexibility index (Phi) is 6.83. The molecule has 1 aliphatic heterocycles. The van der Waals surface area contributed by atoms with Crippen LogP contribution in [0.25, 0.3) is 82.4 Å². The Morgan fingerprint density at radius 1 is 0.426 bits per heavy atom. The summed E-state index contributed by atoms with van der Waals surface area (Å²) in [5.74, 6) is 1.07. The second kappa shape index (κ2) is 12.0. The third-order valence-corrected chi connectivity index (χ3v) is 11.2. The highest BCUT2D eigenvalue weighted by Crippen LogP contribution is 2.51. The topological polar surface area (TPSA) is 21.1 Å². The number of imidazole rings is 1. The minimum Gasteiger partial charge on any atom is -0.306 e. The van der Waals surface area contributed by atoms with Crippen LogP contribution in [0.5, 0.6) is 0 Å². The van der Waals surface area contributed by atoms with Gasteiger partial charge >= 0.3 is 0 Å². The van der Waals surface area contributed by atoms with Gasteiger partial charge in [0.25, 0.3) is 0 Å². The molecule has 0 aliphatic carbocycles. The Bertz CT molecular complexity index is 3090. The van der Waals surface area contributed by atoms with E-state index in [4.69, 9.17) is 4.98 Å². The Morgan fingerprint density at radius 3 is 1.87 bits per heavy atom. The molecule has 3 nitrogen and oxygen atoms in total.